The number of imidazole rings is 1. The molecular formula is C16H15N3OS. The summed E-state index contributed by atoms with van der Waals surface area (Å²) in [6.45, 7) is 0. The Morgan fingerprint density at radius 1 is 1.10 bits per heavy atom. The maximum atomic E-state index is 11.3. The van der Waals surface area contributed by atoms with Crippen molar-refractivity contribution in [3.05, 3.63) is 64.1 Å². The van der Waals surface area contributed by atoms with Gasteiger partial charge in [-0.25, -0.2) is 4.79 Å². The Balaban J connectivity index is 1.67. The first-order chi connectivity index (χ1) is 10.3. The number of nitrogens with one attached hydrogen (secondary N) is 3. The summed E-state index contributed by atoms with van der Waals surface area (Å²) < 4.78 is 0. The van der Waals surface area contributed by atoms with E-state index in [0.717, 1.165) is 28.2 Å². The van der Waals surface area contributed by atoms with Crippen LogP contribution >= 0.6 is 11.8 Å². The van der Waals surface area contributed by atoms with Crippen molar-refractivity contribution in [1.82, 2.24) is 9.97 Å². The molecule has 1 atom stereocenters. The third kappa shape index (κ3) is 2.34. The van der Waals surface area contributed by atoms with Crippen LogP contribution in [0.4, 0.5) is 5.69 Å². The Hall–Kier alpha value is -2.14. The van der Waals surface area contributed by atoms with Gasteiger partial charge in [-0.05, 0) is 29.3 Å². The Bertz CT molecular complexity index is 852. The summed E-state index contributed by atoms with van der Waals surface area (Å²) in [5.74, 6) is 2.14. The molecule has 21 heavy (non-hydrogen) atoms. The van der Waals surface area contributed by atoms with Gasteiger partial charge < -0.3 is 15.3 Å². The van der Waals surface area contributed by atoms with Gasteiger partial charge in [0.2, 0.25) is 0 Å². The van der Waals surface area contributed by atoms with E-state index in [0.29, 0.717) is 6.04 Å². The lowest BCUT2D eigenvalue weighted by molar-refractivity contribution is 0.871. The molecule has 0 amide bonds. The number of benzene rings is 2. The van der Waals surface area contributed by atoms with Gasteiger partial charge in [-0.15, -0.1) is 0 Å². The van der Waals surface area contributed by atoms with Crippen LogP contribution in [0.3, 0.4) is 0 Å². The van der Waals surface area contributed by atoms with E-state index in [4.69, 9.17) is 0 Å². The molecule has 0 radical (unpaired) electrons. The van der Waals surface area contributed by atoms with E-state index in [1.54, 1.807) is 0 Å². The zero-order valence-electron chi connectivity index (χ0n) is 11.3. The zero-order chi connectivity index (χ0) is 14.2. The van der Waals surface area contributed by atoms with Crippen molar-refractivity contribution in [2.24, 2.45) is 0 Å². The van der Waals surface area contributed by atoms with Crippen molar-refractivity contribution in [2.75, 3.05) is 11.1 Å². The van der Waals surface area contributed by atoms with Crippen molar-refractivity contribution in [3.8, 4) is 0 Å². The smallest absolute Gasteiger partial charge is 0.323 e. The van der Waals surface area contributed by atoms with E-state index in [1.807, 2.05) is 30.0 Å². The quantitative estimate of drug-likeness (QED) is 0.680. The third-order valence-electron chi connectivity index (χ3n) is 3.83. The molecule has 1 aromatic heterocycles. The first-order valence-electron chi connectivity index (χ1n) is 6.94. The van der Waals surface area contributed by atoms with Crippen molar-refractivity contribution in [2.45, 2.75) is 11.8 Å². The number of fused-ring (bicyclic) bond motifs is 2. The average molecular weight is 297 g/mol. The maximum absolute atomic E-state index is 11.3. The fourth-order valence-electron chi connectivity index (χ4n) is 2.83. The van der Waals surface area contributed by atoms with E-state index in [1.165, 1.54) is 11.1 Å². The number of rotatable bonds is 2. The molecule has 0 aliphatic carbocycles. The van der Waals surface area contributed by atoms with Gasteiger partial charge in [-0.3, -0.25) is 0 Å². The zero-order valence-corrected chi connectivity index (χ0v) is 12.2. The molecule has 4 rings (SSSR count). The summed E-state index contributed by atoms with van der Waals surface area (Å²) in [6, 6.07) is 14.8. The van der Waals surface area contributed by atoms with Gasteiger partial charge in [0.15, 0.2) is 0 Å². The first-order valence-corrected chi connectivity index (χ1v) is 8.09. The molecule has 0 fully saturated rings. The van der Waals surface area contributed by atoms with E-state index >= 15 is 0 Å². The Morgan fingerprint density at radius 2 is 1.95 bits per heavy atom. The Morgan fingerprint density at radius 3 is 2.90 bits per heavy atom. The van der Waals surface area contributed by atoms with E-state index in [2.05, 4.69) is 39.6 Å². The second kappa shape index (κ2) is 5.00. The second-order valence-corrected chi connectivity index (χ2v) is 6.28. The molecule has 1 aliphatic rings. The lowest BCUT2D eigenvalue weighted by Gasteiger charge is -2.26. The SMILES string of the molecule is O=c1[nH]c2ccc(NC3CSCc4ccccc43)cc2[nH]1. The van der Waals surface area contributed by atoms with Crippen LogP contribution in [0.5, 0.6) is 0 Å². The largest absolute Gasteiger partial charge is 0.377 e. The van der Waals surface area contributed by atoms with Crippen LogP contribution in [0.1, 0.15) is 17.2 Å². The van der Waals surface area contributed by atoms with Crippen molar-refractivity contribution >= 4 is 28.5 Å². The third-order valence-corrected chi connectivity index (χ3v) is 4.91. The second-order valence-electron chi connectivity index (χ2n) is 5.25. The van der Waals surface area contributed by atoms with E-state index in [9.17, 15) is 4.79 Å². The molecule has 0 bridgehead atoms. The highest BCUT2D eigenvalue weighted by Gasteiger charge is 2.19. The number of hydrogen-bond donors (Lipinski definition) is 3. The molecule has 4 nitrogen and oxygen atoms in total. The van der Waals surface area contributed by atoms with Gasteiger partial charge in [-0.2, -0.15) is 11.8 Å². The highest BCUT2D eigenvalue weighted by atomic mass is 32.2. The maximum Gasteiger partial charge on any atom is 0.323 e. The highest BCUT2D eigenvalue weighted by molar-refractivity contribution is 7.98. The van der Waals surface area contributed by atoms with Gasteiger partial charge in [0, 0.05) is 17.2 Å². The molecule has 5 heteroatoms. The van der Waals surface area contributed by atoms with Gasteiger partial charge in [0.05, 0.1) is 17.1 Å². The molecule has 3 aromatic rings. The molecule has 3 N–H and O–H groups in total. The fraction of sp³-hybridized carbons (Fsp3) is 0.188. The molecule has 1 unspecified atom stereocenters. The van der Waals surface area contributed by atoms with E-state index < -0.39 is 0 Å². The van der Waals surface area contributed by atoms with Crippen molar-refractivity contribution in [3.63, 3.8) is 0 Å². The number of H-pyrrole nitrogens is 2. The Kier molecular flexibility index (Phi) is 3.00. The van der Waals surface area contributed by atoms with Crippen LogP contribution in [0.25, 0.3) is 11.0 Å². The predicted octanol–water partition coefficient (Wildman–Crippen LogP) is 3.26. The highest BCUT2D eigenvalue weighted by Crippen LogP contribution is 2.34. The van der Waals surface area contributed by atoms with Crippen LogP contribution in [0, 0.1) is 0 Å². The number of hydrogen-bond acceptors (Lipinski definition) is 3. The summed E-state index contributed by atoms with van der Waals surface area (Å²) >= 11 is 1.95. The minimum absolute atomic E-state index is 0.166. The number of aromatic nitrogens is 2. The minimum atomic E-state index is -0.166. The fourth-order valence-corrected chi connectivity index (χ4v) is 3.92. The van der Waals surface area contributed by atoms with Crippen molar-refractivity contribution < 1.29 is 0 Å². The van der Waals surface area contributed by atoms with E-state index in [-0.39, 0.29) is 5.69 Å². The van der Waals surface area contributed by atoms with Crippen LogP contribution in [0.2, 0.25) is 0 Å². The monoisotopic (exact) mass is 297 g/mol. The van der Waals surface area contributed by atoms with Gasteiger partial charge >= 0.3 is 5.69 Å². The molecule has 106 valence electrons. The average Bonchev–Trinajstić information content (AvgIpc) is 2.87. The van der Waals surface area contributed by atoms with Gasteiger partial charge in [-0.1, -0.05) is 24.3 Å². The molecule has 0 saturated heterocycles. The topological polar surface area (TPSA) is 60.7 Å². The summed E-state index contributed by atoms with van der Waals surface area (Å²) in [4.78, 5) is 16.9. The van der Waals surface area contributed by atoms with Gasteiger partial charge in [0.1, 0.15) is 0 Å². The number of aromatic amines is 2. The van der Waals surface area contributed by atoms with Crippen molar-refractivity contribution in [1.29, 1.82) is 0 Å². The number of thioether (sulfide) groups is 1. The molecule has 1 aliphatic heterocycles. The minimum Gasteiger partial charge on any atom is -0.377 e. The van der Waals surface area contributed by atoms with Crippen LogP contribution in [-0.4, -0.2) is 15.7 Å². The van der Waals surface area contributed by atoms with Crippen LogP contribution < -0.4 is 11.0 Å². The lowest BCUT2D eigenvalue weighted by Crippen LogP contribution is -2.18. The first kappa shape index (κ1) is 12.6. The molecule has 2 aromatic carbocycles. The standard InChI is InChI=1S/C16H15N3OS/c20-16-18-13-6-5-11(7-14(13)19-16)17-15-9-21-8-10-3-1-2-4-12(10)15/h1-7,15,17H,8-9H2,(H2,18,19,20). The molecular weight excluding hydrogens is 282 g/mol. The van der Waals surface area contributed by atoms with Crippen LogP contribution in [0.15, 0.2) is 47.3 Å². The molecule has 2 heterocycles. The predicted molar refractivity (Wildman–Crippen MR) is 87.9 cm³/mol. The summed E-state index contributed by atoms with van der Waals surface area (Å²) in [5.41, 5.74) is 5.31. The van der Waals surface area contributed by atoms with Gasteiger partial charge in [0.25, 0.3) is 0 Å². The molecule has 0 saturated carbocycles. The number of anilines is 1. The summed E-state index contributed by atoms with van der Waals surface area (Å²) in [7, 11) is 0. The summed E-state index contributed by atoms with van der Waals surface area (Å²) in [6.07, 6.45) is 0. The normalized spacial score (nSPS) is 17.6. The Labute approximate surface area is 126 Å². The molecule has 0 spiro atoms. The van der Waals surface area contributed by atoms with Crippen LogP contribution in [-0.2, 0) is 5.75 Å². The summed E-state index contributed by atoms with van der Waals surface area (Å²) in [5, 5.41) is 3.58. The lowest BCUT2D eigenvalue weighted by atomic mass is 10.0.